The zero-order valence-corrected chi connectivity index (χ0v) is 22.9. The summed E-state index contributed by atoms with van der Waals surface area (Å²) >= 11 is 0. The van der Waals surface area contributed by atoms with E-state index in [1.54, 1.807) is 17.0 Å². The second-order valence-corrected chi connectivity index (χ2v) is 9.63. The van der Waals surface area contributed by atoms with Crippen molar-refractivity contribution in [2.45, 2.75) is 31.9 Å². The van der Waals surface area contributed by atoms with E-state index in [0.29, 0.717) is 42.3 Å². The van der Waals surface area contributed by atoms with Crippen molar-refractivity contribution in [3.63, 3.8) is 0 Å². The smallest absolute Gasteiger partial charge is 0.227 e. The summed E-state index contributed by atoms with van der Waals surface area (Å²) in [6.45, 7) is 0.980. The van der Waals surface area contributed by atoms with E-state index in [9.17, 15) is 14.7 Å². The number of ether oxygens (including phenoxy) is 4. The monoisotopic (exact) mass is 548 g/mol. The summed E-state index contributed by atoms with van der Waals surface area (Å²) in [5.74, 6) is -0.272. The highest BCUT2D eigenvalue weighted by molar-refractivity contribution is 5.86. The molecule has 0 spiro atoms. The van der Waals surface area contributed by atoms with Crippen molar-refractivity contribution in [3.8, 4) is 23.0 Å². The van der Waals surface area contributed by atoms with Crippen LogP contribution in [0.4, 0.5) is 0 Å². The van der Waals surface area contributed by atoms with Gasteiger partial charge in [0, 0.05) is 42.7 Å². The van der Waals surface area contributed by atoms with E-state index in [-0.39, 0.29) is 30.5 Å². The molecule has 10 heteroatoms. The molecule has 1 amide bonds. The van der Waals surface area contributed by atoms with Gasteiger partial charge < -0.3 is 38.4 Å². The summed E-state index contributed by atoms with van der Waals surface area (Å²) < 4.78 is 27.6. The van der Waals surface area contributed by atoms with Gasteiger partial charge in [-0.1, -0.05) is 18.2 Å². The van der Waals surface area contributed by atoms with Crippen LogP contribution in [0.5, 0.6) is 23.0 Å². The van der Waals surface area contributed by atoms with E-state index in [1.807, 2.05) is 18.2 Å². The number of hydrogen-bond acceptors (Lipinski definition) is 8. The van der Waals surface area contributed by atoms with E-state index in [2.05, 4.69) is 11.1 Å². The normalized spacial score (nSPS) is 13.7. The van der Waals surface area contributed by atoms with Gasteiger partial charge in [0.2, 0.25) is 22.8 Å². The first-order valence-corrected chi connectivity index (χ1v) is 12.9. The number of nitrogens with zero attached hydrogens (tertiary/aromatic N) is 1. The Hall–Kier alpha value is -4.44. The van der Waals surface area contributed by atoms with Gasteiger partial charge >= 0.3 is 0 Å². The Morgan fingerprint density at radius 3 is 2.48 bits per heavy atom. The number of amides is 1. The molecular weight excluding hydrogens is 516 g/mol. The first-order valence-electron chi connectivity index (χ1n) is 12.9. The van der Waals surface area contributed by atoms with Crippen LogP contribution in [-0.2, 0) is 29.1 Å². The van der Waals surface area contributed by atoms with Crippen LogP contribution in [0.3, 0.4) is 0 Å². The van der Waals surface area contributed by atoms with Crippen molar-refractivity contribution in [1.29, 1.82) is 0 Å². The Morgan fingerprint density at radius 2 is 1.80 bits per heavy atom. The van der Waals surface area contributed by atoms with Gasteiger partial charge in [-0.05, 0) is 35.7 Å². The number of methoxy groups -OCH3 is 4. The van der Waals surface area contributed by atoms with Crippen LogP contribution in [0.1, 0.15) is 40.7 Å². The van der Waals surface area contributed by atoms with Crippen molar-refractivity contribution < 1.29 is 33.3 Å². The zero-order chi connectivity index (χ0) is 28.4. The topological polar surface area (TPSA) is 123 Å². The SMILES string of the molecule is COCc1cc(=O)c(O)c([C@H](CC(=O)N2CCc3c([nH]c4ccccc34)C2)c2cc(OC)c(OC)c(OC)c2)o1. The molecule has 1 aliphatic rings. The lowest BCUT2D eigenvalue weighted by atomic mass is 9.90. The first kappa shape index (κ1) is 27.1. The molecule has 2 aromatic carbocycles. The number of H-pyrrole nitrogens is 1. The highest BCUT2D eigenvalue weighted by Crippen LogP contribution is 2.43. The van der Waals surface area contributed by atoms with Crippen molar-refractivity contribution in [3.05, 3.63) is 81.0 Å². The molecule has 2 aromatic heterocycles. The second-order valence-electron chi connectivity index (χ2n) is 9.63. The molecule has 0 radical (unpaired) electrons. The lowest BCUT2D eigenvalue weighted by Gasteiger charge is -2.29. The Bertz CT molecular complexity index is 1580. The average Bonchev–Trinajstić information content (AvgIpc) is 3.35. The van der Waals surface area contributed by atoms with Crippen LogP contribution >= 0.6 is 0 Å². The second kappa shape index (κ2) is 11.4. The number of benzene rings is 2. The van der Waals surface area contributed by atoms with Gasteiger partial charge in [0.25, 0.3) is 0 Å². The van der Waals surface area contributed by atoms with E-state index < -0.39 is 17.1 Å². The molecule has 4 aromatic rings. The van der Waals surface area contributed by atoms with Crippen molar-refractivity contribution >= 4 is 16.8 Å². The Labute approximate surface area is 231 Å². The third-order valence-electron chi connectivity index (χ3n) is 7.31. The molecule has 10 nitrogen and oxygen atoms in total. The number of nitrogens with one attached hydrogen (secondary N) is 1. The Morgan fingerprint density at radius 1 is 1.07 bits per heavy atom. The maximum absolute atomic E-state index is 13.8. The first-order chi connectivity index (χ1) is 19.4. The maximum atomic E-state index is 13.8. The predicted molar refractivity (Wildman–Crippen MR) is 147 cm³/mol. The van der Waals surface area contributed by atoms with E-state index in [0.717, 1.165) is 11.2 Å². The predicted octanol–water partition coefficient (Wildman–Crippen LogP) is 4.11. The number of carbonyl (C=O) groups excluding carboxylic acids is 1. The number of para-hydroxylation sites is 1. The molecule has 2 N–H and O–H groups in total. The number of carbonyl (C=O) groups is 1. The molecule has 210 valence electrons. The summed E-state index contributed by atoms with van der Waals surface area (Å²) in [6.07, 6.45) is 0.630. The maximum Gasteiger partial charge on any atom is 0.227 e. The molecule has 0 fully saturated rings. The highest BCUT2D eigenvalue weighted by Gasteiger charge is 2.32. The van der Waals surface area contributed by atoms with Crippen LogP contribution in [0.2, 0.25) is 0 Å². The molecule has 1 atom stereocenters. The van der Waals surface area contributed by atoms with Gasteiger partial charge in [0.05, 0.1) is 33.8 Å². The van der Waals surface area contributed by atoms with Crippen molar-refractivity contribution in [2.75, 3.05) is 35.0 Å². The molecule has 5 rings (SSSR count). The highest BCUT2D eigenvalue weighted by atomic mass is 16.5. The zero-order valence-electron chi connectivity index (χ0n) is 22.9. The minimum absolute atomic E-state index is 0.0216. The molecule has 1 aliphatic heterocycles. The van der Waals surface area contributed by atoms with Gasteiger partial charge in [0.1, 0.15) is 12.4 Å². The third kappa shape index (κ3) is 4.98. The molecule has 0 saturated carbocycles. The van der Waals surface area contributed by atoms with Crippen LogP contribution < -0.4 is 19.6 Å². The standard InChI is InChI=1S/C30H32N2O8/c1-36-16-18-13-24(33)28(35)29(40-18)21(17-11-25(37-2)30(39-4)26(12-17)38-3)14-27(34)32-10-9-20-19-7-5-6-8-22(19)31-23(20)15-32/h5-8,11-13,21,31,35H,9-10,14-16H2,1-4H3/t21-/m1/s1. The van der Waals surface area contributed by atoms with Gasteiger partial charge in [-0.15, -0.1) is 0 Å². The van der Waals surface area contributed by atoms with E-state index in [4.69, 9.17) is 23.4 Å². The fourth-order valence-corrected chi connectivity index (χ4v) is 5.38. The van der Waals surface area contributed by atoms with Crippen LogP contribution in [-0.4, -0.2) is 55.9 Å². The molecular formula is C30H32N2O8. The number of hydrogen-bond donors (Lipinski definition) is 2. The molecule has 40 heavy (non-hydrogen) atoms. The van der Waals surface area contributed by atoms with Crippen molar-refractivity contribution in [2.24, 2.45) is 0 Å². The molecule has 0 saturated heterocycles. The summed E-state index contributed by atoms with van der Waals surface area (Å²) in [4.78, 5) is 31.7. The van der Waals surface area contributed by atoms with E-state index in [1.165, 1.54) is 45.5 Å². The fourth-order valence-electron chi connectivity index (χ4n) is 5.38. The van der Waals surface area contributed by atoms with Gasteiger partial charge in [0.15, 0.2) is 17.3 Å². The fraction of sp³-hybridized carbons (Fsp3) is 0.333. The summed E-state index contributed by atoms with van der Waals surface area (Å²) in [5.41, 5.74) is 3.18. The van der Waals surface area contributed by atoms with E-state index >= 15 is 0 Å². The number of aromatic hydroxyl groups is 1. The number of aromatic amines is 1. The number of fused-ring (bicyclic) bond motifs is 3. The van der Waals surface area contributed by atoms with Crippen LogP contribution in [0, 0.1) is 0 Å². The quantitative estimate of drug-likeness (QED) is 0.320. The summed E-state index contributed by atoms with van der Waals surface area (Å²) in [5, 5.41) is 12.0. The Kier molecular flexibility index (Phi) is 7.70. The number of aromatic nitrogens is 1. The van der Waals surface area contributed by atoms with Gasteiger partial charge in [-0.25, -0.2) is 0 Å². The largest absolute Gasteiger partial charge is 0.502 e. The summed E-state index contributed by atoms with van der Waals surface area (Å²) in [7, 11) is 5.95. The van der Waals surface area contributed by atoms with Crippen LogP contribution in [0.25, 0.3) is 10.9 Å². The molecule has 0 bridgehead atoms. The lowest BCUT2D eigenvalue weighted by molar-refractivity contribution is -0.132. The van der Waals surface area contributed by atoms with Crippen molar-refractivity contribution in [1.82, 2.24) is 9.88 Å². The molecule has 3 heterocycles. The third-order valence-corrected chi connectivity index (χ3v) is 7.31. The minimum atomic E-state index is -0.838. The molecule has 0 unspecified atom stereocenters. The van der Waals surface area contributed by atoms with Gasteiger partial charge in [-0.2, -0.15) is 0 Å². The average molecular weight is 549 g/mol. The summed E-state index contributed by atoms with van der Waals surface area (Å²) in [6, 6.07) is 12.7. The van der Waals surface area contributed by atoms with Gasteiger partial charge in [-0.3, -0.25) is 9.59 Å². The molecule has 0 aliphatic carbocycles. The lowest BCUT2D eigenvalue weighted by Crippen LogP contribution is -2.36. The number of rotatable bonds is 9. The van der Waals surface area contributed by atoms with Crippen LogP contribution in [0.15, 0.2) is 51.7 Å². The minimum Gasteiger partial charge on any atom is -0.502 e. The Balaban J connectivity index is 1.55.